The predicted octanol–water partition coefficient (Wildman–Crippen LogP) is 8.27. The third kappa shape index (κ3) is 4.94. The smallest absolute Gasteiger partial charge is 0.192 e. The summed E-state index contributed by atoms with van der Waals surface area (Å²) >= 11 is 0. The van der Waals surface area contributed by atoms with Crippen LogP contribution in [0, 0.1) is 29.1 Å². The monoisotopic (exact) mass is 456 g/mol. The maximum absolute atomic E-state index is 11.5. The fraction of sp³-hybridized carbons (Fsp3) is 0.759. The zero-order chi connectivity index (χ0) is 23.9. The van der Waals surface area contributed by atoms with E-state index in [1.54, 1.807) is 5.57 Å². The molecule has 3 rings (SSSR count). The second-order valence-corrected chi connectivity index (χ2v) is 17.7. The molecule has 0 heterocycles. The zero-order valence-corrected chi connectivity index (χ0v) is 23.1. The molecular weight excluding hydrogens is 408 g/mol. The topological polar surface area (TPSA) is 26.3 Å². The van der Waals surface area contributed by atoms with Gasteiger partial charge in [0.1, 0.15) is 6.29 Å². The average molecular weight is 457 g/mol. The third-order valence-corrected chi connectivity index (χ3v) is 14.2. The summed E-state index contributed by atoms with van der Waals surface area (Å²) in [6.07, 6.45) is 14.5. The van der Waals surface area contributed by atoms with Crippen LogP contribution in [-0.4, -0.2) is 20.7 Å². The Morgan fingerprint density at radius 3 is 2.50 bits per heavy atom. The van der Waals surface area contributed by atoms with E-state index in [2.05, 4.69) is 73.4 Å². The Labute approximate surface area is 199 Å². The fourth-order valence-electron chi connectivity index (χ4n) is 6.54. The van der Waals surface area contributed by atoms with Gasteiger partial charge in [-0.25, -0.2) is 0 Å². The van der Waals surface area contributed by atoms with E-state index in [1.165, 1.54) is 49.5 Å². The summed E-state index contributed by atoms with van der Waals surface area (Å²) in [6.45, 7) is 23.0. The van der Waals surface area contributed by atoms with Gasteiger partial charge in [-0.3, -0.25) is 0 Å². The number of hydrogen-bond acceptors (Lipinski definition) is 2. The molecule has 32 heavy (non-hydrogen) atoms. The van der Waals surface area contributed by atoms with Crippen LogP contribution in [0.3, 0.4) is 0 Å². The van der Waals surface area contributed by atoms with Crippen LogP contribution in [0.15, 0.2) is 35.5 Å². The van der Waals surface area contributed by atoms with Gasteiger partial charge in [0, 0.05) is 5.92 Å². The molecule has 3 fully saturated rings. The van der Waals surface area contributed by atoms with Crippen LogP contribution >= 0.6 is 0 Å². The van der Waals surface area contributed by atoms with Gasteiger partial charge in [0.25, 0.3) is 0 Å². The third-order valence-electron chi connectivity index (χ3n) is 9.73. The fourth-order valence-corrected chi connectivity index (χ4v) is 7.84. The minimum atomic E-state index is -1.83. The quantitative estimate of drug-likeness (QED) is 0.236. The highest BCUT2D eigenvalue weighted by molar-refractivity contribution is 6.74. The van der Waals surface area contributed by atoms with Crippen molar-refractivity contribution in [1.82, 2.24) is 0 Å². The van der Waals surface area contributed by atoms with Crippen molar-refractivity contribution < 1.29 is 9.22 Å². The summed E-state index contributed by atoms with van der Waals surface area (Å²) in [5, 5.41) is 0.212. The Bertz CT molecular complexity index is 783. The van der Waals surface area contributed by atoms with Gasteiger partial charge in [0.2, 0.25) is 0 Å². The highest BCUT2D eigenvalue weighted by Crippen LogP contribution is 2.59. The molecule has 0 radical (unpaired) electrons. The lowest BCUT2D eigenvalue weighted by Gasteiger charge is -2.43. The first-order chi connectivity index (χ1) is 14.8. The van der Waals surface area contributed by atoms with Gasteiger partial charge in [0.15, 0.2) is 8.32 Å². The van der Waals surface area contributed by atoms with E-state index in [0.29, 0.717) is 23.2 Å². The first-order valence-electron chi connectivity index (χ1n) is 13.0. The molecule has 0 saturated heterocycles. The van der Waals surface area contributed by atoms with E-state index in [1.807, 2.05) is 0 Å². The van der Waals surface area contributed by atoms with Crippen molar-refractivity contribution in [3.63, 3.8) is 0 Å². The first-order valence-corrected chi connectivity index (χ1v) is 15.9. The molecule has 6 atom stereocenters. The van der Waals surface area contributed by atoms with Gasteiger partial charge >= 0.3 is 0 Å². The maximum atomic E-state index is 11.5. The molecule has 0 spiro atoms. The van der Waals surface area contributed by atoms with Crippen LogP contribution in [0.2, 0.25) is 18.1 Å². The molecule has 180 valence electrons. The SMILES string of the molecule is C=C1[C@H](C)C/C(=C/C=C2\CCC[C@]3(C)[C@@H]([C@H](C)C=O)CC[C@@H]23)C[C@H]1O[Si](C)(C)C(C)(C)C. The lowest BCUT2D eigenvalue weighted by molar-refractivity contribution is -0.113. The van der Waals surface area contributed by atoms with Crippen LogP contribution in [0.4, 0.5) is 0 Å². The highest BCUT2D eigenvalue weighted by atomic mass is 28.4. The number of fused-ring (bicyclic) bond motifs is 1. The van der Waals surface area contributed by atoms with Crippen molar-refractivity contribution >= 4 is 14.6 Å². The molecule has 0 N–H and O–H groups in total. The highest BCUT2D eigenvalue weighted by Gasteiger charge is 2.50. The Hall–Kier alpha value is -0.933. The normalized spacial score (nSPS) is 37.6. The zero-order valence-electron chi connectivity index (χ0n) is 22.1. The van der Waals surface area contributed by atoms with E-state index in [0.717, 1.165) is 12.8 Å². The number of hydrogen-bond donors (Lipinski definition) is 0. The van der Waals surface area contributed by atoms with Gasteiger partial charge in [-0.2, -0.15) is 0 Å². The van der Waals surface area contributed by atoms with Crippen LogP contribution in [0.1, 0.15) is 86.5 Å². The molecule has 0 amide bonds. The lowest BCUT2D eigenvalue weighted by atomic mass is 9.61. The predicted molar refractivity (Wildman–Crippen MR) is 139 cm³/mol. The van der Waals surface area contributed by atoms with Crippen LogP contribution in [0.5, 0.6) is 0 Å². The van der Waals surface area contributed by atoms with Crippen LogP contribution < -0.4 is 0 Å². The van der Waals surface area contributed by atoms with Gasteiger partial charge in [0.05, 0.1) is 6.10 Å². The minimum Gasteiger partial charge on any atom is -0.410 e. The Morgan fingerprint density at radius 1 is 1.19 bits per heavy atom. The number of carbonyl (C=O) groups is 1. The number of allylic oxidation sites excluding steroid dienone is 3. The van der Waals surface area contributed by atoms with Crippen LogP contribution in [0.25, 0.3) is 0 Å². The van der Waals surface area contributed by atoms with Crippen molar-refractivity contribution in [2.24, 2.45) is 29.1 Å². The molecule has 3 saturated carbocycles. The molecule has 0 aliphatic heterocycles. The largest absolute Gasteiger partial charge is 0.410 e. The van der Waals surface area contributed by atoms with Gasteiger partial charge in [-0.1, -0.05) is 71.4 Å². The lowest BCUT2D eigenvalue weighted by Crippen LogP contribution is -2.45. The van der Waals surface area contributed by atoms with Gasteiger partial charge in [-0.15, -0.1) is 0 Å². The molecule has 3 aliphatic rings. The van der Waals surface area contributed by atoms with Crippen molar-refractivity contribution in [1.29, 1.82) is 0 Å². The van der Waals surface area contributed by atoms with Crippen molar-refractivity contribution in [2.45, 2.75) is 111 Å². The summed E-state index contributed by atoms with van der Waals surface area (Å²) < 4.78 is 6.83. The van der Waals surface area contributed by atoms with Gasteiger partial charge < -0.3 is 9.22 Å². The molecule has 2 nitrogen and oxygen atoms in total. The second kappa shape index (κ2) is 9.37. The summed E-state index contributed by atoms with van der Waals surface area (Å²) in [5.41, 5.74) is 4.73. The minimum absolute atomic E-state index is 0.158. The molecule has 3 aliphatic carbocycles. The van der Waals surface area contributed by atoms with E-state index < -0.39 is 8.32 Å². The Morgan fingerprint density at radius 2 is 1.88 bits per heavy atom. The number of aldehydes is 1. The van der Waals surface area contributed by atoms with E-state index in [4.69, 9.17) is 4.43 Å². The van der Waals surface area contributed by atoms with E-state index in [-0.39, 0.29) is 17.1 Å². The first kappa shape index (κ1) is 25.7. The summed E-state index contributed by atoms with van der Waals surface area (Å²) in [7, 11) is -1.83. The molecule has 0 aromatic rings. The number of rotatable bonds is 5. The van der Waals surface area contributed by atoms with E-state index in [9.17, 15) is 4.79 Å². The Balaban J connectivity index is 1.79. The Kier molecular flexibility index (Phi) is 7.52. The molecular formula is C29H48O2Si. The summed E-state index contributed by atoms with van der Waals surface area (Å²) in [4.78, 5) is 11.5. The maximum Gasteiger partial charge on any atom is 0.192 e. The van der Waals surface area contributed by atoms with Crippen LogP contribution in [-0.2, 0) is 9.22 Å². The van der Waals surface area contributed by atoms with Crippen molar-refractivity contribution in [3.05, 3.63) is 35.5 Å². The summed E-state index contributed by atoms with van der Waals surface area (Å²) in [5.74, 6) is 1.85. The van der Waals surface area contributed by atoms with Crippen molar-refractivity contribution in [2.75, 3.05) is 0 Å². The standard InChI is InChI=1S/C29H48O2Si/c1-20-17-23(18-27(22(20)3)31-32(8,9)28(4,5)6)12-13-24-11-10-16-29(7)25(21(2)19-30)14-15-26(24)29/h12-13,19-21,25-27H,3,10-11,14-18H2,1-2,4-9H3/b23-12-,24-13+/t20-,21-,25-,26+,27-,29-/m1/s1. The second-order valence-electron chi connectivity index (χ2n) is 12.9. The van der Waals surface area contributed by atoms with E-state index >= 15 is 0 Å². The molecule has 0 bridgehead atoms. The van der Waals surface area contributed by atoms with Crippen molar-refractivity contribution in [3.8, 4) is 0 Å². The molecule has 0 aromatic heterocycles. The number of carbonyl (C=O) groups excluding carboxylic acids is 1. The summed E-state index contributed by atoms with van der Waals surface area (Å²) in [6, 6.07) is 0. The molecule has 0 unspecified atom stereocenters. The molecule has 0 aromatic carbocycles. The van der Waals surface area contributed by atoms with Gasteiger partial charge in [-0.05, 0) is 91.8 Å². The average Bonchev–Trinajstić information content (AvgIpc) is 3.05. The molecule has 3 heteroatoms.